The monoisotopic (exact) mass is 449 g/mol. The number of hydrogen-bond donors (Lipinski definition) is 2. The van der Waals surface area contributed by atoms with E-state index in [0.29, 0.717) is 35.7 Å². The maximum absolute atomic E-state index is 13.2. The van der Waals surface area contributed by atoms with Gasteiger partial charge < -0.3 is 19.8 Å². The van der Waals surface area contributed by atoms with Crippen LogP contribution in [0.4, 0.5) is 4.79 Å². The lowest BCUT2D eigenvalue weighted by atomic mass is 9.87. The van der Waals surface area contributed by atoms with E-state index in [2.05, 4.69) is 10.6 Å². The lowest BCUT2D eigenvalue weighted by Gasteiger charge is -2.25. The van der Waals surface area contributed by atoms with Gasteiger partial charge in [0.15, 0.2) is 11.3 Å². The van der Waals surface area contributed by atoms with E-state index in [9.17, 15) is 14.4 Å². The van der Waals surface area contributed by atoms with Crippen molar-refractivity contribution < 1.29 is 23.5 Å². The Hall–Kier alpha value is -3.81. The van der Waals surface area contributed by atoms with Crippen molar-refractivity contribution in [2.45, 2.75) is 38.8 Å². The second-order valence-electron chi connectivity index (χ2n) is 7.99. The summed E-state index contributed by atoms with van der Waals surface area (Å²) in [7, 11) is 0. The predicted molar refractivity (Wildman–Crippen MR) is 123 cm³/mol. The largest absolute Gasteiger partial charge is 0.490 e. The molecule has 1 fully saturated rings. The molecule has 1 saturated heterocycles. The zero-order valence-corrected chi connectivity index (χ0v) is 18.9. The van der Waals surface area contributed by atoms with Gasteiger partial charge in [0.05, 0.1) is 12.6 Å². The predicted octanol–water partition coefficient (Wildman–Crippen LogP) is 3.87. The Labute approximate surface area is 191 Å². The fraction of sp³-hybridized carbons (Fsp3) is 0.320. The highest BCUT2D eigenvalue weighted by Gasteiger charge is 2.51. The average Bonchev–Trinajstić information content (AvgIpc) is 3.36. The molecule has 2 atom stereocenters. The van der Waals surface area contributed by atoms with Crippen molar-refractivity contribution in [3.8, 4) is 5.75 Å². The van der Waals surface area contributed by atoms with Gasteiger partial charge in [0.25, 0.3) is 5.91 Å². The number of nitrogens with zero attached hydrogens (tertiary/aromatic N) is 1. The molecular weight excluding hydrogens is 422 g/mol. The third kappa shape index (κ3) is 4.04. The number of carbonyl (C=O) groups is 3. The first-order chi connectivity index (χ1) is 15.9. The van der Waals surface area contributed by atoms with E-state index >= 15 is 0 Å². The highest BCUT2D eigenvalue weighted by molar-refractivity contribution is 6.09. The molecule has 33 heavy (non-hydrogen) atoms. The topological polar surface area (TPSA) is 101 Å². The van der Waals surface area contributed by atoms with E-state index in [-0.39, 0.29) is 6.54 Å². The molecule has 2 aromatic carbocycles. The number of fused-ring (bicyclic) bond motifs is 1. The van der Waals surface area contributed by atoms with Gasteiger partial charge in [-0.1, -0.05) is 49.4 Å². The molecule has 4 amide bonds. The number of nitrogens with one attached hydrogen (secondary N) is 2. The maximum atomic E-state index is 13.2. The summed E-state index contributed by atoms with van der Waals surface area (Å²) in [5.41, 5.74) is 0.133. The van der Waals surface area contributed by atoms with E-state index in [1.807, 2.05) is 56.3 Å². The molecule has 1 aliphatic heterocycles. The van der Waals surface area contributed by atoms with Gasteiger partial charge in [-0.2, -0.15) is 0 Å². The number of hydrogen-bond acceptors (Lipinski definition) is 5. The van der Waals surface area contributed by atoms with Crippen molar-refractivity contribution >= 4 is 28.8 Å². The summed E-state index contributed by atoms with van der Waals surface area (Å²) in [6.45, 7) is 5.63. The first kappa shape index (κ1) is 22.4. The van der Waals surface area contributed by atoms with Crippen molar-refractivity contribution in [1.82, 2.24) is 15.5 Å². The number of furan rings is 1. The molecular formula is C25H27N3O5. The Morgan fingerprint density at radius 2 is 1.91 bits per heavy atom. The second kappa shape index (κ2) is 8.97. The number of ether oxygens (including phenoxy) is 1. The molecule has 2 heterocycles. The molecule has 8 nitrogen and oxygen atoms in total. The van der Waals surface area contributed by atoms with Crippen LogP contribution in [-0.2, 0) is 15.1 Å². The van der Waals surface area contributed by atoms with Crippen LogP contribution in [0.3, 0.4) is 0 Å². The van der Waals surface area contributed by atoms with Crippen molar-refractivity contribution in [3.63, 3.8) is 0 Å². The summed E-state index contributed by atoms with van der Waals surface area (Å²) < 4.78 is 11.5. The van der Waals surface area contributed by atoms with Crippen LogP contribution in [0.1, 0.15) is 44.6 Å². The molecule has 1 aliphatic rings. The van der Waals surface area contributed by atoms with Gasteiger partial charge in [0.1, 0.15) is 17.8 Å². The van der Waals surface area contributed by atoms with Gasteiger partial charge in [-0.25, -0.2) is 4.79 Å². The molecule has 0 radical (unpaired) electrons. The van der Waals surface area contributed by atoms with Crippen LogP contribution in [0.15, 0.2) is 59.0 Å². The minimum absolute atomic E-state index is 0.372. The molecule has 2 unspecified atom stereocenters. The summed E-state index contributed by atoms with van der Waals surface area (Å²) in [5, 5.41) is 6.46. The molecule has 2 N–H and O–H groups in total. The van der Waals surface area contributed by atoms with Crippen molar-refractivity contribution in [2.75, 3.05) is 13.2 Å². The first-order valence-corrected chi connectivity index (χ1v) is 11.0. The average molecular weight is 450 g/mol. The lowest BCUT2D eigenvalue weighted by molar-refractivity contribution is -0.135. The Balaban J connectivity index is 1.47. The van der Waals surface area contributed by atoms with E-state index < -0.39 is 29.4 Å². The Kier molecular flexibility index (Phi) is 6.09. The fourth-order valence-corrected chi connectivity index (χ4v) is 4.17. The van der Waals surface area contributed by atoms with E-state index in [1.54, 1.807) is 19.1 Å². The van der Waals surface area contributed by atoms with Crippen LogP contribution in [0.25, 0.3) is 11.0 Å². The zero-order chi connectivity index (χ0) is 23.6. The first-order valence-electron chi connectivity index (χ1n) is 11.0. The van der Waals surface area contributed by atoms with Gasteiger partial charge >= 0.3 is 6.03 Å². The number of benzene rings is 2. The molecule has 3 aromatic rings. The molecule has 0 spiro atoms. The van der Waals surface area contributed by atoms with Crippen LogP contribution in [0, 0.1) is 0 Å². The summed E-state index contributed by atoms with van der Waals surface area (Å²) >= 11 is 0. The van der Waals surface area contributed by atoms with E-state index in [1.165, 1.54) is 0 Å². The number of carbonyl (C=O) groups excluding carboxylic acids is 3. The molecule has 0 saturated carbocycles. The van der Waals surface area contributed by atoms with Gasteiger partial charge in [-0.15, -0.1) is 0 Å². The van der Waals surface area contributed by atoms with E-state index in [4.69, 9.17) is 9.15 Å². The lowest BCUT2D eigenvalue weighted by Crippen LogP contribution is -2.45. The molecule has 8 heteroatoms. The third-order valence-corrected chi connectivity index (χ3v) is 5.91. The van der Waals surface area contributed by atoms with Crippen molar-refractivity contribution in [1.29, 1.82) is 0 Å². The summed E-state index contributed by atoms with van der Waals surface area (Å²) in [5.74, 6) is 0.288. The summed E-state index contributed by atoms with van der Waals surface area (Å²) in [6.07, 6.45) is 0.372. The molecule has 0 aliphatic carbocycles. The smallest absolute Gasteiger partial charge is 0.325 e. The highest BCUT2D eigenvalue weighted by atomic mass is 16.5. The standard InChI is InChI=1S/C25H27N3O5/c1-4-25(18-11-7-6-8-12-18)23(30)28(24(31)27-25)15-21(29)26-16(3)20-14-17-10-9-13-19(32-5-2)22(17)33-20/h6-14,16H,4-5,15H2,1-3H3,(H,26,29)(H,27,31). The van der Waals surface area contributed by atoms with Crippen molar-refractivity contribution in [2.24, 2.45) is 0 Å². The number of amides is 4. The Morgan fingerprint density at radius 1 is 1.15 bits per heavy atom. The van der Waals surface area contributed by atoms with Crippen LogP contribution >= 0.6 is 0 Å². The van der Waals surface area contributed by atoms with Gasteiger partial charge in [-0.3, -0.25) is 14.5 Å². The second-order valence-corrected chi connectivity index (χ2v) is 7.99. The minimum Gasteiger partial charge on any atom is -0.490 e. The number of urea groups is 1. The van der Waals surface area contributed by atoms with Gasteiger partial charge in [0.2, 0.25) is 5.91 Å². The van der Waals surface area contributed by atoms with Crippen molar-refractivity contribution in [3.05, 3.63) is 65.9 Å². The molecule has 0 bridgehead atoms. The Bertz CT molecular complexity index is 1190. The van der Waals surface area contributed by atoms with Crippen LogP contribution in [-0.4, -0.2) is 35.9 Å². The van der Waals surface area contributed by atoms with Crippen LogP contribution < -0.4 is 15.4 Å². The Morgan fingerprint density at radius 3 is 2.61 bits per heavy atom. The molecule has 172 valence electrons. The highest BCUT2D eigenvalue weighted by Crippen LogP contribution is 2.33. The third-order valence-electron chi connectivity index (χ3n) is 5.91. The number of para-hydroxylation sites is 1. The van der Waals surface area contributed by atoms with Crippen LogP contribution in [0.5, 0.6) is 5.75 Å². The summed E-state index contributed by atoms with van der Waals surface area (Å²) in [6, 6.07) is 15.5. The normalized spacial score (nSPS) is 18.9. The minimum atomic E-state index is -1.17. The fourth-order valence-electron chi connectivity index (χ4n) is 4.17. The number of imide groups is 1. The quantitative estimate of drug-likeness (QED) is 0.509. The maximum Gasteiger partial charge on any atom is 0.325 e. The van der Waals surface area contributed by atoms with Gasteiger partial charge in [0, 0.05) is 5.39 Å². The molecule has 1 aromatic heterocycles. The summed E-state index contributed by atoms with van der Waals surface area (Å²) in [4.78, 5) is 39.5. The zero-order valence-electron chi connectivity index (χ0n) is 18.9. The molecule has 4 rings (SSSR count). The number of rotatable bonds is 8. The van der Waals surface area contributed by atoms with Gasteiger partial charge in [-0.05, 0) is 38.0 Å². The SMILES string of the molecule is CCOc1cccc2cc(C(C)NC(=O)CN3C(=O)NC(CC)(c4ccccc4)C3=O)oc12. The van der Waals surface area contributed by atoms with Crippen LogP contribution in [0.2, 0.25) is 0 Å². The van der Waals surface area contributed by atoms with E-state index in [0.717, 1.165) is 10.3 Å².